The largest absolute Gasteiger partial charge is 0.356 e. The molecule has 0 spiro atoms. The topological polar surface area (TPSA) is 163 Å². The highest BCUT2D eigenvalue weighted by Gasteiger charge is 2.41. The zero-order valence-electron chi connectivity index (χ0n) is 22.1. The number of nitrogens with zero attached hydrogens (tertiary/aromatic N) is 3. The van der Waals surface area contributed by atoms with Crippen LogP contribution in [-0.2, 0) is 30.8 Å². The molecule has 2 heterocycles. The maximum Gasteiger partial charge on any atom is 0.259 e. The average Bonchev–Trinajstić information content (AvgIpc) is 3.27. The predicted octanol–water partition coefficient (Wildman–Crippen LogP) is 2.08. The van der Waals surface area contributed by atoms with Crippen molar-refractivity contribution in [3.8, 4) is 0 Å². The van der Waals surface area contributed by atoms with Gasteiger partial charge in [-0.05, 0) is 49.1 Å². The highest BCUT2D eigenvalue weighted by Crippen LogP contribution is 2.34. The van der Waals surface area contributed by atoms with E-state index >= 15 is 0 Å². The summed E-state index contributed by atoms with van der Waals surface area (Å²) in [5.41, 5.74) is 2.24. The lowest BCUT2D eigenvalue weighted by Gasteiger charge is -2.25. The van der Waals surface area contributed by atoms with Gasteiger partial charge in [-0.1, -0.05) is 49.4 Å². The van der Waals surface area contributed by atoms with E-state index in [2.05, 4.69) is 27.5 Å². The Morgan fingerprint density at radius 1 is 1.05 bits per heavy atom. The van der Waals surface area contributed by atoms with Gasteiger partial charge in [0.05, 0.1) is 16.3 Å². The van der Waals surface area contributed by atoms with E-state index in [1.807, 2.05) is 24.3 Å². The van der Waals surface area contributed by atoms with Crippen LogP contribution in [0, 0.1) is 0 Å². The normalized spacial score (nSPS) is 16.1. The number of thioether (sulfide) groups is 1. The fourth-order valence-corrected chi connectivity index (χ4v) is 5.57. The molecule has 2 aliphatic heterocycles. The molecule has 1 atom stereocenters. The van der Waals surface area contributed by atoms with Crippen LogP contribution < -0.4 is 15.8 Å². The summed E-state index contributed by atoms with van der Waals surface area (Å²) in [4.78, 5) is 48.9. The third-order valence-electron chi connectivity index (χ3n) is 6.37. The van der Waals surface area contributed by atoms with Gasteiger partial charge >= 0.3 is 0 Å². The Bertz CT molecular complexity index is 1440. The maximum atomic E-state index is 13.3. The Morgan fingerprint density at radius 2 is 1.77 bits per heavy atom. The van der Waals surface area contributed by atoms with Crippen molar-refractivity contribution >= 4 is 56.2 Å². The molecule has 0 saturated heterocycles. The van der Waals surface area contributed by atoms with Gasteiger partial charge in [0.25, 0.3) is 5.91 Å². The van der Waals surface area contributed by atoms with Crippen LogP contribution in [0.1, 0.15) is 43.7 Å². The molecule has 3 amide bonds. The Labute approximate surface area is 237 Å². The van der Waals surface area contributed by atoms with Crippen LogP contribution >= 0.6 is 11.8 Å². The van der Waals surface area contributed by atoms with Crippen molar-refractivity contribution in [3.05, 3.63) is 59.7 Å². The number of amidine groups is 2. The lowest BCUT2D eigenvalue weighted by atomic mass is 10.1. The first-order chi connectivity index (χ1) is 19.2. The summed E-state index contributed by atoms with van der Waals surface area (Å²) in [5, 5.41) is 11.2. The van der Waals surface area contributed by atoms with E-state index in [-0.39, 0.29) is 41.2 Å². The summed E-state index contributed by atoms with van der Waals surface area (Å²) in [6, 6.07) is 12.8. The molecule has 4 rings (SSSR count). The summed E-state index contributed by atoms with van der Waals surface area (Å²) >= 11 is 1.14. The van der Waals surface area contributed by atoms with Crippen molar-refractivity contribution in [2.75, 3.05) is 18.8 Å². The molecule has 40 heavy (non-hydrogen) atoms. The van der Waals surface area contributed by atoms with Crippen LogP contribution in [0.2, 0.25) is 0 Å². The Morgan fingerprint density at radius 3 is 2.50 bits per heavy atom. The van der Waals surface area contributed by atoms with Crippen LogP contribution in [0.4, 0.5) is 5.69 Å². The third kappa shape index (κ3) is 7.34. The minimum absolute atomic E-state index is 0.0309. The van der Waals surface area contributed by atoms with Gasteiger partial charge in [0.15, 0.2) is 5.17 Å². The zero-order chi connectivity index (χ0) is 28.7. The molecule has 2 aliphatic rings. The van der Waals surface area contributed by atoms with Crippen LogP contribution in [-0.4, -0.2) is 66.9 Å². The first kappa shape index (κ1) is 29.4. The second kappa shape index (κ2) is 13.2. The Hall–Kier alpha value is -3.55. The number of rotatable bonds is 12. The van der Waals surface area contributed by atoms with Crippen molar-refractivity contribution in [3.63, 3.8) is 0 Å². The molecule has 0 radical (unpaired) electrons. The molecule has 2 aromatic rings. The summed E-state index contributed by atoms with van der Waals surface area (Å²) in [6.07, 6.45) is 2.87. The molecule has 4 N–H and O–H groups in total. The summed E-state index contributed by atoms with van der Waals surface area (Å²) in [6.45, 7) is 3.01. The number of aliphatic imine (C=N–C) groups is 2. The first-order valence-electron chi connectivity index (χ1n) is 13.0. The number of unbranched alkanes of at least 4 members (excludes halogenated alkanes) is 1. The van der Waals surface area contributed by atoms with Crippen molar-refractivity contribution in [1.29, 1.82) is 0 Å². The molecule has 0 bridgehead atoms. The number of benzene rings is 2. The second-order valence-corrected chi connectivity index (χ2v) is 11.9. The standard InChI is InChI=1S/C27H32N6O5S2/c1-2-3-15-29-23(34)13-12-22-26(36)33-25(31-22)20-6-4-5-7-21(20)32-27(33)39-17-24(35)30-16-14-18-8-10-19(11-9-18)40(28,37)38/h4-11,22H,2-3,12-17H2,1H3,(H,29,34)(H,30,35)(H2,28,37,38)/t22-/m0/s1. The monoisotopic (exact) mass is 584 g/mol. The zero-order valence-corrected chi connectivity index (χ0v) is 23.8. The van der Waals surface area contributed by atoms with Gasteiger partial charge in [-0.15, -0.1) is 0 Å². The number of carbonyl (C=O) groups is 3. The van der Waals surface area contributed by atoms with E-state index in [4.69, 9.17) is 5.14 Å². The molecule has 13 heteroatoms. The summed E-state index contributed by atoms with van der Waals surface area (Å²) in [7, 11) is -3.75. The number of sulfonamides is 1. The fourth-order valence-electron chi connectivity index (χ4n) is 4.22. The van der Waals surface area contributed by atoms with E-state index in [0.717, 1.165) is 35.7 Å². The number of amides is 3. The number of nitrogens with one attached hydrogen (secondary N) is 2. The van der Waals surface area contributed by atoms with Crippen LogP contribution in [0.25, 0.3) is 0 Å². The number of nitrogens with two attached hydrogens (primary N) is 1. The molecular weight excluding hydrogens is 552 g/mol. The van der Waals surface area contributed by atoms with Crippen molar-refractivity contribution < 1.29 is 22.8 Å². The van der Waals surface area contributed by atoms with Gasteiger partial charge in [-0.2, -0.15) is 0 Å². The van der Waals surface area contributed by atoms with E-state index in [1.54, 1.807) is 12.1 Å². The van der Waals surface area contributed by atoms with Crippen molar-refractivity contribution in [2.45, 2.75) is 50.0 Å². The lowest BCUT2D eigenvalue weighted by molar-refractivity contribution is -0.125. The van der Waals surface area contributed by atoms with Crippen LogP contribution in [0.5, 0.6) is 0 Å². The minimum Gasteiger partial charge on any atom is -0.356 e. The number of carbonyl (C=O) groups excluding carboxylic acids is 3. The van der Waals surface area contributed by atoms with Crippen molar-refractivity contribution in [1.82, 2.24) is 15.5 Å². The number of hydrogen-bond donors (Lipinski definition) is 3. The van der Waals surface area contributed by atoms with Gasteiger partial charge in [-0.25, -0.2) is 23.4 Å². The molecule has 212 valence electrons. The first-order valence-corrected chi connectivity index (χ1v) is 15.6. The predicted molar refractivity (Wildman–Crippen MR) is 155 cm³/mol. The molecule has 0 aromatic heterocycles. The molecule has 0 unspecified atom stereocenters. The van der Waals surface area contributed by atoms with Gasteiger partial charge < -0.3 is 10.6 Å². The van der Waals surface area contributed by atoms with Gasteiger partial charge in [-0.3, -0.25) is 19.4 Å². The van der Waals surface area contributed by atoms with Crippen LogP contribution in [0.3, 0.4) is 0 Å². The minimum atomic E-state index is -3.75. The number of primary sulfonamides is 1. The molecule has 0 fully saturated rings. The molecule has 0 saturated carbocycles. The summed E-state index contributed by atoms with van der Waals surface area (Å²) < 4.78 is 22.8. The lowest BCUT2D eigenvalue weighted by Crippen LogP contribution is -2.42. The van der Waals surface area contributed by atoms with Gasteiger partial charge in [0.1, 0.15) is 11.9 Å². The average molecular weight is 585 g/mol. The Balaban J connectivity index is 1.34. The van der Waals surface area contributed by atoms with Gasteiger partial charge in [0, 0.05) is 25.1 Å². The van der Waals surface area contributed by atoms with Crippen LogP contribution in [0.15, 0.2) is 63.4 Å². The quantitative estimate of drug-likeness (QED) is 0.323. The Kier molecular flexibility index (Phi) is 9.71. The van der Waals surface area contributed by atoms with E-state index < -0.39 is 16.1 Å². The highest BCUT2D eigenvalue weighted by molar-refractivity contribution is 8.14. The molecule has 2 aromatic carbocycles. The molecular formula is C27H32N6O5S2. The highest BCUT2D eigenvalue weighted by atomic mass is 32.2. The van der Waals surface area contributed by atoms with E-state index in [0.29, 0.717) is 36.2 Å². The summed E-state index contributed by atoms with van der Waals surface area (Å²) in [5.74, 6) is -0.0872. The third-order valence-corrected chi connectivity index (χ3v) is 8.23. The van der Waals surface area contributed by atoms with Gasteiger partial charge in [0.2, 0.25) is 21.8 Å². The van der Waals surface area contributed by atoms with Crippen molar-refractivity contribution in [2.24, 2.45) is 15.1 Å². The van der Waals surface area contributed by atoms with E-state index in [9.17, 15) is 22.8 Å². The molecule has 11 nitrogen and oxygen atoms in total. The SMILES string of the molecule is CCCCNC(=O)CC[C@@H]1N=C2c3ccccc3N=C(SCC(=O)NCCc3ccc(S(N)(=O)=O)cc3)N2C1=O. The fraction of sp³-hybridized carbons (Fsp3) is 0.370. The van der Waals surface area contributed by atoms with E-state index in [1.165, 1.54) is 17.0 Å². The second-order valence-electron chi connectivity index (χ2n) is 9.37. The number of hydrogen-bond acceptors (Lipinski definition) is 8. The number of para-hydroxylation sites is 1. The smallest absolute Gasteiger partial charge is 0.259 e. The molecule has 0 aliphatic carbocycles. The number of fused-ring (bicyclic) bond motifs is 3. The maximum absolute atomic E-state index is 13.3.